The molecule has 0 saturated heterocycles. The highest BCUT2D eigenvalue weighted by Crippen LogP contribution is 2.11. The van der Waals surface area contributed by atoms with Crippen molar-refractivity contribution < 1.29 is 19.1 Å². The van der Waals surface area contributed by atoms with Crippen molar-refractivity contribution in [3.63, 3.8) is 0 Å². The van der Waals surface area contributed by atoms with Gasteiger partial charge in [0.15, 0.2) is 0 Å². The second-order valence-electron chi connectivity index (χ2n) is 5.98. The van der Waals surface area contributed by atoms with E-state index in [1.165, 1.54) is 57.3 Å². The van der Waals surface area contributed by atoms with Crippen molar-refractivity contribution in [3.05, 3.63) is 0 Å². The molecule has 0 bridgehead atoms. The number of imide groups is 1. The summed E-state index contributed by atoms with van der Waals surface area (Å²) >= 11 is 0. The molecule has 0 unspecified atom stereocenters. The molecule has 0 aromatic rings. The SMILES string of the molecule is CCCCCCCCCCCC(=O)N(CCOC(C)=O)C(C)=O. The molecule has 0 aliphatic heterocycles. The molecular formula is C18H33NO4. The largest absolute Gasteiger partial charge is 0.464 e. The molecule has 0 fully saturated rings. The average molecular weight is 327 g/mol. The Kier molecular flexibility index (Phi) is 13.4. The molecule has 0 rings (SSSR count). The maximum absolute atomic E-state index is 12.0. The van der Waals surface area contributed by atoms with Gasteiger partial charge >= 0.3 is 5.97 Å². The van der Waals surface area contributed by atoms with Gasteiger partial charge in [0.1, 0.15) is 6.61 Å². The summed E-state index contributed by atoms with van der Waals surface area (Å²) in [5.41, 5.74) is 0. The number of nitrogens with zero attached hydrogens (tertiary/aromatic N) is 1. The number of carbonyl (C=O) groups is 3. The quantitative estimate of drug-likeness (QED) is 0.381. The number of esters is 1. The van der Waals surface area contributed by atoms with Crippen molar-refractivity contribution in [1.29, 1.82) is 0 Å². The Morgan fingerprint density at radius 3 is 1.83 bits per heavy atom. The molecule has 0 N–H and O–H groups in total. The van der Waals surface area contributed by atoms with Crippen molar-refractivity contribution in [1.82, 2.24) is 4.90 Å². The third-order valence-electron chi connectivity index (χ3n) is 3.80. The second kappa shape index (κ2) is 14.2. The molecule has 0 spiro atoms. The van der Waals surface area contributed by atoms with E-state index >= 15 is 0 Å². The first-order chi connectivity index (χ1) is 11.0. The Balaban J connectivity index is 3.74. The van der Waals surface area contributed by atoms with Gasteiger partial charge < -0.3 is 4.74 Å². The summed E-state index contributed by atoms with van der Waals surface area (Å²) in [6.45, 7) is 5.10. The van der Waals surface area contributed by atoms with Crippen molar-refractivity contribution in [2.24, 2.45) is 0 Å². The maximum Gasteiger partial charge on any atom is 0.302 e. The van der Waals surface area contributed by atoms with Gasteiger partial charge in [0.25, 0.3) is 0 Å². The summed E-state index contributed by atoms with van der Waals surface area (Å²) in [5, 5.41) is 0. The van der Waals surface area contributed by atoms with Crippen LogP contribution in [-0.2, 0) is 19.1 Å². The number of unbranched alkanes of at least 4 members (excludes halogenated alkanes) is 8. The number of hydrogen-bond donors (Lipinski definition) is 0. The summed E-state index contributed by atoms with van der Waals surface area (Å²) in [6, 6.07) is 0. The minimum absolute atomic E-state index is 0.0679. The van der Waals surface area contributed by atoms with E-state index < -0.39 is 5.97 Å². The predicted octanol–water partition coefficient (Wildman–Crippen LogP) is 3.85. The van der Waals surface area contributed by atoms with Gasteiger partial charge in [0, 0.05) is 20.3 Å². The first kappa shape index (κ1) is 21.6. The molecule has 0 saturated carbocycles. The highest BCUT2D eigenvalue weighted by molar-refractivity contribution is 5.94. The van der Waals surface area contributed by atoms with Gasteiger partial charge in [-0.05, 0) is 6.42 Å². The predicted molar refractivity (Wildman–Crippen MR) is 90.9 cm³/mol. The first-order valence-corrected chi connectivity index (χ1v) is 8.93. The van der Waals surface area contributed by atoms with E-state index in [9.17, 15) is 14.4 Å². The summed E-state index contributed by atoms with van der Waals surface area (Å²) in [5.74, 6) is -0.870. The van der Waals surface area contributed by atoms with E-state index in [0.29, 0.717) is 6.42 Å². The molecule has 0 aromatic carbocycles. The number of rotatable bonds is 13. The van der Waals surface area contributed by atoms with Crippen molar-refractivity contribution in [2.45, 2.75) is 85.0 Å². The Morgan fingerprint density at radius 2 is 1.35 bits per heavy atom. The molecule has 2 amide bonds. The average Bonchev–Trinajstić information content (AvgIpc) is 2.49. The zero-order chi connectivity index (χ0) is 17.5. The fourth-order valence-corrected chi connectivity index (χ4v) is 2.46. The molecule has 0 atom stereocenters. The number of amides is 2. The highest BCUT2D eigenvalue weighted by atomic mass is 16.5. The van der Waals surface area contributed by atoms with Crippen LogP contribution in [0.2, 0.25) is 0 Å². The van der Waals surface area contributed by atoms with Crippen LogP contribution in [-0.4, -0.2) is 35.8 Å². The fourth-order valence-electron chi connectivity index (χ4n) is 2.46. The first-order valence-electron chi connectivity index (χ1n) is 8.93. The molecule has 23 heavy (non-hydrogen) atoms. The highest BCUT2D eigenvalue weighted by Gasteiger charge is 2.17. The Morgan fingerprint density at radius 1 is 0.826 bits per heavy atom. The summed E-state index contributed by atoms with van der Waals surface area (Å²) in [6.07, 6.45) is 11.1. The lowest BCUT2D eigenvalue weighted by molar-refractivity contribution is -0.149. The van der Waals surface area contributed by atoms with Crippen molar-refractivity contribution in [3.8, 4) is 0 Å². The molecule has 0 aliphatic rings. The smallest absolute Gasteiger partial charge is 0.302 e. The maximum atomic E-state index is 12.0. The van der Waals surface area contributed by atoms with Gasteiger partial charge in [-0.15, -0.1) is 0 Å². The Bertz CT molecular complexity index is 355. The van der Waals surface area contributed by atoms with Crippen LogP contribution in [0.3, 0.4) is 0 Å². The summed E-state index contributed by atoms with van der Waals surface area (Å²) in [7, 11) is 0. The van der Waals surface area contributed by atoms with Crippen molar-refractivity contribution >= 4 is 17.8 Å². The third kappa shape index (κ3) is 12.8. The molecule has 0 aliphatic carbocycles. The van der Waals surface area contributed by atoms with Gasteiger partial charge in [0.2, 0.25) is 11.8 Å². The number of hydrogen-bond acceptors (Lipinski definition) is 4. The fraction of sp³-hybridized carbons (Fsp3) is 0.833. The zero-order valence-electron chi connectivity index (χ0n) is 15.1. The van der Waals surface area contributed by atoms with Crippen LogP contribution in [0.5, 0.6) is 0 Å². The lowest BCUT2D eigenvalue weighted by Gasteiger charge is -2.18. The van der Waals surface area contributed by atoms with Gasteiger partial charge in [-0.3, -0.25) is 19.3 Å². The summed E-state index contributed by atoms with van der Waals surface area (Å²) < 4.78 is 4.79. The zero-order valence-corrected chi connectivity index (χ0v) is 15.1. The van der Waals surface area contributed by atoms with Gasteiger partial charge in [-0.2, -0.15) is 0 Å². The topological polar surface area (TPSA) is 63.7 Å². The molecule has 5 nitrogen and oxygen atoms in total. The molecular weight excluding hydrogens is 294 g/mol. The normalized spacial score (nSPS) is 10.4. The lowest BCUT2D eigenvalue weighted by atomic mass is 10.1. The second-order valence-corrected chi connectivity index (χ2v) is 5.98. The molecule has 134 valence electrons. The van der Waals surface area contributed by atoms with Gasteiger partial charge in [0.05, 0.1) is 6.54 Å². The molecule has 0 radical (unpaired) electrons. The summed E-state index contributed by atoms with van der Waals surface area (Å²) in [4.78, 5) is 35.4. The van der Waals surface area contributed by atoms with Crippen LogP contribution in [0, 0.1) is 0 Å². The van der Waals surface area contributed by atoms with E-state index in [-0.39, 0.29) is 25.0 Å². The Labute approximate surface area is 140 Å². The van der Waals surface area contributed by atoms with Crippen LogP contribution >= 0.6 is 0 Å². The van der Waals surface area contributed by atoms with E-state index in [0.717, 1.165) is 19.3 Å². The standard InChI is InChI=1S/C18H33NO4/c1-4-5-6-7-8-9-10-11-12-13-18(22)19(16(2)20)14-15-23-17(3)21/h4-15H2,1-3H3. The Hall–Kier alpha value is -1.39. The monoisotopic (exact) mass is 327 g/mol. The lowest BCUT2D eigenvalue weighted by Crippen LogP contribution is -2.37. The minimum atomic E-state index is -0.403. The van der Waals surface area contributed by atoms with Crippen LogP contribution in [0.25, 0.3) is 0 Å². The van der Waals surface area contributed by atoms with Crippen LogP contribution < -0.4 is 0 Å². The van der Waals surface area contributed by atoms with Crippen LogP contribution in [0.4, 0.5) is 0 Å². The number of carbonyl (C=O) groups excluding carboxylic acids is 3. The third-order valence-corrected chi connectivity index (χ3v) is 3.80. The van der Waals surface area contributed by atoms with E-state index in [1.807, 2.05) is 0 Å². The molecule has 0 aromatic heterocycles. The van der Waals surface area contributed by atoms with Crippen molar-refractivity contribution in [2.75, 3.05) is 13.2 Å². The van der Waals surface area contributed by atoms with Gasteiger partial charge in [-0.25, -0.2) is 0 Å². The van der Waals surface area contributed by atoms with E-state index in [2.05, 4.69) is 6.92 Å². The van der Waals surface area contributed by atoms with E-state index in [4.69, 9.17) is 4.74 Å². The van der Waals surface area contributed by atoms with E-state index in [1.54, 1.807) is 0 Å². The number of ether oxygens (including phenoxy) is 1. The van der Waals surface area contributed by atoms with Crippen LogP contribution in [0.1, 0.15) is 85.0 Å². The van der Waals surface area contributed by atoms with Gasteiger partial charge in [-0.1, -0.05) is 58.3 Å². The van der Waals surface area contributed by atoms with Crippen LogP contribution in [0.15, 0.2) is 0 Å². The molecule has 5 heteroatoms. The molecule has 0 heterocycles. The minimum Gasteiger partial charge on any atom is -0.464 e.